The molecule has 0 aliphatic carbocycles. The number of morpholine rings is 1. The molecule has 0 N–H and O–H groups in total. The van der Waals surface area contributed by atoms with E-state index in [0.29, 0.717) is 31.5 Å². The minimum atomic E-state index is 0.305. The molecule has 4 heterocycles. The fourth-order valence-electron chi connectivity index (χ4n) is 4.23. The SMILES string of the molecule is O=C(CCC1CCN(Cc2cccn2-c2ccccn2)CC1)N1CCOCC1. The summed E-state index contributed by atoms with van der Waals surface area (Å²) in [5, 5.41) is 0. The molecule has 2 aromatic rings. The van der Waals surface area contributed by atoms with Gasteiger partial charge in [0.15, 0.2) is 0 Å². The molecule has 2 aromatic heterocycles. The van der Waals surface area contributed by atoms with Crippen molar-refractivity contribution in [3.05, 3.63) is 48.4 Å². The number of carbonyl (C=O) groups is 1. The van der Waals surface area contributed by atoms with Crippen LogP contribution < -0.4 is 0 Å². The number of carbonyl (C=O) groups excluding carboxylic acids is 1. The maximum atomic E-state index is 12.3. The van der Waals surface area contributed by atoms with Crippen molar-refractivity contribution in [1.29, 1.82) is 0 Å². The van der Waals surface area contributed by atoms with Crippen molar-refractivity contribution in [2.24, 2.45) is 5.92 Å². The molecular weight excluding hydrogens is 352 g/mol. The van der Waals surface area contributed by atoms with E-state index in [2.05, 4.69) is 32.8 Å². The van der Waals surface area contributed by atoms with Crippen LogP contribution in [0.1, 0.15) is 31.4 Å². The molecule has 0 aromatic carbocycles. The van der Waals surface area contributed by atoms with Crippen molar-refractivity contribution in [1.82, 2.24) is 19.4 Å². The van der Waals surface area contributed by atoms with Gasteiger partial charge in [0, 0.05) is 44.1 Å². The second kappa shape index (κ2) is 9.34. The van der Waals surface area contributed by atoms with Crippen LogP contribution in [0.15, 0.2) is 42.7 Å². The lowest BCUT2D eigenvalue weighted by molar-refractivity contribution is -0.135. The Hall–Kier alpha value is -2.18. The van der Waals surface area contributed by atoms with E-state index < -0.39 is 0 Å². The first-order valence-corrected chi connectivity index (χ1v) is 10.4. The number of likely N-dealkylation sites (tertiary alicyclic amines) is 1. The number of piperidine rings is 1. The number of amides is 1. The normalized spacial score (nSPS) is 19.1. The Balaban J connectivity index is 1.23. The van der Waals surface area contributed by atoms with E-state index in [-0.39, 0.29) is 0 Å². The molecule has 6 nitrogen and oxygen atoms in total. The largest absolute Gasteiger partial charge is 0.378 e. The number of pyridine rings is 1. The van der Waals surface area contributed by atoms with Gasteiger partial charge in [-0.1, -0.05) is 6.07 Å². The highest BCUT2D eigenvalue weighted by atomic mass is 16.5. The number of hydrogen-bond donors (Lipinski definition) is 0. The molecule has 0 bridgehead atoms. The van der Waals surface area contributed by atoms with Crippen LogP contribution in [0.4, 0.5) is 0 Å². The van der Waals surface area contributed by atoms with E-state index in [9.17, 15) is 4.79 Å². The number of hydrogen-bond acceptors (Lipinski definition) is 4. The Bertz CT molecular complexity index is 747. The van der Waals surface area contributed by atoms with Crippen LogP contribution in [-0.2, 0) is 16.1 Å². The van der Waals surface area contributed by atoms with Crippen molar-refractivity contribution in [3.63, 3.8) is 0 Å². The molecule has 0 atom stereocenters. The Kier molecular flexibility index (Phi) is 6.39. The molecule has 2 fully saturated rings. The summed E-state index contributed by atoms with van der Waals surface area (Å²) in [5.74, 6) is 1.95. The highest BCUT2D eigenvalue weighted by Crippen LogP contribution is 2.24. The monoisotopic (exact) mass is 382 g/mol. The average Bonchev–Trinajstić information content (AvgIpc) is 3.22. The predicted molar refractivity (Wildman–Crippen MR) is 108 cm³/mol. The highest BCUT2D eigenvalue weighted by Gasteiger charge is 2.23. The van der Waals surface area contributed by atoms with Crippen LogP contribution >= 0.6 is 0 Å². The molecule has 150 valence electrons. The van der Waals surface area contributed by atoms with Crippen LogP contribution in [-0.4, -0.2) is 64.7 Å². The summed E-state index contributed by atoms with van der Waals surface area (Å²) in [6.45, 7) is 6.03. The zero-order valence-electron chi connectivity index (χ0n) is 16.5. The van der Waals surface area contributed by atoms with Crippen LogP contribution in [0.2, 0.25) is 0 Å². The summed E-state index contributed by atoms with van der Waals surface area (Å²) in [5.41, 5.74) is 1.28. The van der Waals surface area contributed by atoms with Gasteiger partial charge in [-0.05, 0) is 62.5 Å². The lowest BCUT2D eigenvalue weighted by Crippen LogP contribution is -2.41. The molecule has 0 spiro atoms. The van der Waals surface area contributed by atoms with Gasteiger partial charge in [0.25, 0.3) is 0 Å². The Morgan fingerprint density at radius 1 is 1.07 bits per heavy atom. The lowest BCUT2D eigenvalue weighted by atomic mass is 9.92. The molecule has 28 heavy (non-hydrogen) atoms. The number of aromatic nitrogens is 2. The van der Waals surface area contributed by atoms with Crippen LogP contribution in [0.25, 0.3) is 5.82 Å². The molecule has 0 unspecified atom stereocenters. The summed E-state index contributed by atoms with van der Waals surface area (Å²) < 4.78 is 7.50. The fourth-order valence-corrected chi connectivity index (χ4v) is 4.23. The molecule has 1 amide bonds. The second-order valence-electron chi connectivity index (χ2n) is 7.81. The van der Waals surface area contributed by atoms with E-state index in [1.54, 1.807) is 0 Å². The molecular formula is C22H30N4O2. The minimum Gasteiger partial charge on any atom is -0.378 e. The van der Waals surface area contributed by atoms with Crippen LogP contribution in [0.3, 0.4) is 0 Å². The number of ether oxygens (including phenoxy) is 1. The lowest BCUT2D eigenvalue weighted by Gasteiger charge is -2.32. The van der Waals surface area contributed by atoms with Gasteiger partial charge in [0.2, 0.25) is 5.91 Å². The molecule has 2 saturated heterocycles. The summed E-state index contributed by atoms with van der Waals surface area (Å²) >= 11 is 0. The zero-order chi connectivity index (χ0) is 19.2. The summed E-state index contributed by atoms with van der Waals surface area (Å²) in [7, 11) is 0. The van der Waals surface area contributed by atoms with Gasteiger partial charge in [-0.25, -0.2) is 4.98 Å². The second-order valence-corrected chi connectivity index (χ2v) is 7.81. The van der Waals surface area contributed by atoms with Crippen molar-refractivity contribution >= 4 is 5.91 Å². The van der Waals surface area contributed by atoms with E-state index in [1.165, 1.54) is 18.5 Å². The molecule has 0 saturated carbocycles. The first-order chi connectivity index (χ1) is 13.8. The van der Waals surface area contributed by atoms with Crippen molar-refractivity contribution in [3.8, 4) is 5.82 Å². The molecule has 4 rings (SSSR count). The van der Waals surface area contributed by atoms with E-state index in [0.717, 1.165) is 45.0 Å². The van der Waals surface area contributed by atoms with Gasteiger partial charge in [0.05, 0.1) is 13.2 Å². The van der Waals surface area contributed by atoms with Crippen molar-refractivity contribution < 1.29 is 9.53 Å². The number of rotatable bonds is 6. The van der Waals surface area contributed by atoms with Gasteiger partial charge in [-0.3, -0.25) is 9.69 Å². The summed E-state index contributed by atoms with van der Waals surface area (Å²) in [6.07, 6.45) is 7.99. The Labute approximate surface area is 167 Å². The van der Waals surface area contributed by atoms with E-state index in [1.807, 2.05) is 29.3 Å². The van der Waals surface area contributed by atoms with Gasteiger partial charge in [-0.2, -0.15) is 0 Å². The number of nitrogens with zero attached hydrogens (tertiary/aromatic N) is 4. The third-order valence-corrected chi connectivity index (χ3v) is 5.95. The Morgan fingerprint density at radius 3 is 2.64 bits per heavy atom. The average molecular weight is 383 g/mol. The molecule has 6 heteroatoms. The third-order valence-electron chi connectivity index (χ3n) is 5.95. The van der Waals surface area contributed by atoms with E-state index in [4.69, 9.17) is 4.74 Å². The molecule has 2 aliphatic heterocycles. The third kappa shape index (κ3) is 4.80. The summed E-state index contributed by atoms with van der Waals surface area (Å²) in [6, 6.07) is 10.3. The first-order valence-electron chi connectivity index (χ1n) is 10.4. The van der Waals surface area contributed by atoms with Gasteiger partial charge < -0.3 is 14.2 Å². The smallest absolute Gasteiger partial charge is 0.222 e. The quantitative estimate of drug-likeness (QED) is 0.771. The standard InChI is InChI=1S/C22H30N4O2/c27-22(25-14-16-28-17-15-25)7-6-19-8-12-24(13-9-19)18-20-4-3-11-26(20)21-5-1-2-10-23-21/h1-5,10-11,19H,6-9,12-18H2. The van der Waals surface area contributed by atoms with Gasteiger partial charge in [-0.15, -0.1) is 0 Å². The van der Waals surface area contributed by atoms with Crippen molar-refractivity contribution in [2.75, 3.05) is 39.4 Å². The zero-order valence-corrected chi connectivity index (χ0v) is 16.5. The van der Waals surface area contributed by atoms with Crippen molar-refractivity contribution in [2.45, 2.75) is 32.2 Å². The van der Waals surface area contributed by atoms with E-state index >= 15 is 0 Å². The highest BCUT2D eigenvalue weighted by molar-refractivity contribution is 5.76. The minimum absolute atomic E-state index is 0.305. The van der Waals surface area contributed by atoms with Crippen LogP contribution in [0, 0.1) is 5.92 Å². The topological polar surface area (TPSA) is 50.6 Å². The molecule has 2 aliphatic rings. The first kappa shape index (κ1) is 19.2. The van der Waals surface area contributed by atoms with Gasteiger partial charge in [0.1, 0.15) is 5.82 Å². The summed E-state index contributed by atoms with van der Waals surface area (Å²) in [4.78, 5) is 21.3. The molecule has 0 radical (unpaired) electrons. The predicted octanol–water partition coefficient (Wildman–Crippen LogP) is 2.72. The maximum absolute atomic E-state index is 12.3. The fraction of sp³-hybridized carbons (Fsp3) is 0.545. The Morgan fingerprint density at radius 2 is 1.89 bits per heavy atom. The maximum Gasteiger partial charge on any atom is 0.222 e. The van der Waals surface area contributed by atoms with Gasteiger partial charge >= 0.3 is 0 Å². The van der Waals surface area contributed by atoms with Crippen LogP contribution in [0.5, 0.6) is 0 Å².